The fourth-order valence-electron chi connectivity index (χ4n) is 1.98. The zero-order valence-electron chi connectivity index (χ0n) is 10.0. The Balaban J connectivity index is 2.14. The normalized spacial score (nSPS) is 30.9. The highest BCUT2D eigenvalue weighted by atomic mass is 16.6. The van der Waals surface area contributed by atoms with Crippen molar-refractivity contribution < 1.29 is 25.3 Å². The van der Waals surface area contributed by atoms with Crippen LogP contribution >= 0.6 is 0 Å². The van der Waals surface area contributed by atoms with E-state index >= 15 is 0 Å². The van der Waals surface area contributed by atoms with E-state index in [1.165, 1.54) is 6.21 Å². The van der Waals surface area contributed by atoms with Crippen LogP contribution < -0.4 is 5.32 Å². The average Bonchev–Trinajstić information content (AvgIpc) is 2.69. The molecule has 1 saturated heterocycles. The summed E-state index contributed by atoms with van der Waals surface area (Å²) in [4.78, 5) is 0. The van der Waals surface area contributed by atoms with Gasteiger partial charge in [-0.2, -0.15) is 0 Å². The third kappa shape index (κ3) is 2.85. The van der Waals surface area contributed by atoms with Gasteiger partial charge in [0.15, 0.2) is 6.23 Å². The number of aliphatic hydroxyl groups is 3. The molecule has 1 aromatic carbocycles. The molecule has 1 fully saturated rings. The lowest BCUT2D eigenvalue weighted by molar-refractivity contribution is -0.0153. The van der Waals surface area contributed by atoms with Crippen molar-refractivity contribution in [3.05, 3.63) is 29.8 Å². The number of hydrogen-bond acceptors (Lipinski definition) is 7. The van der Waals surface area contributed by atoms with Crippen molar-refractivity contribution in [2.24, 2.45) is 5.16 Å². The lowest BCUT2D eigenvalue weighted by atomic mass is 10.1. The first kappa shape index (κ1) is 13.8. The van der Waals surface area contributed by atoms with Gasteiger partial charge in [0.05, 0.1) is 12.8 Å². The minimum atomic E-state index is -1.16. The van der Waals surface area contributed by atoms with E-state index in [0.717, 1.165) is 0 Å². The van der Waals surface area contributed by atoms with Crippen LogP contribution in [0, 0.1) is 0 Å². The lowest BCUT2D eigenvalue weighted by Gasteiger charge is -2.18. The predicted octanol–water partition coefficient (Wildman–Crippen LogP) is -0.654. The quantitative estimate of drug-likeness (QED) is 0.281. The average molecular weight is 268 g/mol. The maximum Gasteiger partial charge on any atom is 0.157 e. The summed E-state index contributed by atoms with van der Waals surface area (Å²) in [6.07, 6.45) is -2.74. The van der Waals surface area contributed by atoms with Crippen molar-refractivity contribution in [2.45, 2.75) is 24.5 Å². The van der Waals surface area contributed by atoms with Crippen molar-refractivity contribution in [1.82, 2.24) is 0 Å². The number of para-hydroxylation sites is 1. The Morgan fingerprint density at radius 1 is 1.26 bits per heavy atom. The molecule has 19 heavy (non-hydrogen) atoms. The van der Waals surface area contributed by atoms with E-state index < -0.39 is 24.5 Å². The SMILES string of the molecule is OCC1OC(Nc2ccccc2C=NO)C(O)C1O. The number of aliphatic hydroxyl groups excluding tert-OH is 3. The third-order valence-electron chi connectivity index (χ3n) is 3.00. The minimum Gasteiger partial charge on any atom is -0.411 e. The molecule has 0 aliphatic carbocycles. The number of anilines is 1. The topological polar surface area (TPSA) is 115 Å². The minimum absolute atomic E-state index is 0.379. The molecule has 0 aromatic heterocycles. The summed E-state index contributed by atoms with van der Waals surface area (Å²) in [6, 6.07) is 6.95. The molecule has 4 atom stereocenters. The van der Waals surface area contributed by atoms with Gasteiger partial charge in [0.1, 0.15) is 18.3 Å². The smallest absolute Gasteiger partial charge is 0.157 e. The summed E-state index contributed by atoms with van der Waals surface area (Å²) in [6.45, 7) is -0.379. The Labute approximate surface area is 109 Å². The molecule has 1 aliphatic rings. The first-order chi connectivity index (χ1) is 9.17. The summed E-state index contributed by atoms with van der Waals surface area (Å²) < 4.78 is 5.30. The van der Waals surface area contributed by atoms with Gasteiger partial charge in [-0.25, -0.2) is 0 Å². The molecule has 5 N–H and O–H groups in total. The van der Waals surface area contributed by atoms with E-state index in [1.54, 1.807) is 24.3 Å². The Bertz CT molecular complexity index is 454. The van der Waals surface area contributed by atoms with Crippen LogP contribution in [0.3, 0.4) is 0 Å². The Morgan fingerprint density at radius 2 is 2.00 bits per heavy atom. The number of rotatable bonds is 4. The number of hydrogen-bond donors (Lipinski definition) is 5. The molecule has 4 unspecified atom stereocenters. The van der Waals surface area contributed by atoms with Gasteiger partial charge < -0.3 is 30.6 Å². The van der Waals surface area contributed by atoms with Crippen molar-refractivity contribution in [1.29, 1.82) is 0 Å². The van der Waals surface area contributed by atoms with Crippen molar-refractivity contribution in [2.75, 3.05) is 11.9 Å². The van der Waals surface area contributed by atoms with Gasteiger partial charge in [0.2, 0.25) is 0 Å². The molecule has 0 saturated carbocycles. The van der Waals surface area contributed by atoms with Crippen LogP contribution in [-0.4, -0.2) is 57.9 Å². The van der Waals surface area contributed by atoms with Crippen LogP contribution in [0.15, 0.2) is 29.4 Å². The second kappa shape index (κ2) is 5.98. The Kier molecular flexibility index (Phi) is 4.33. The third-order valence-corrected chi connectivity index (χ3v) is 3.00. The van der Waals surface area contributed by atoms with Crippen LogP contribution in [-0.2, 0) is 4.74 Å². The largest absolute Gasteiger partial charge is 0.411 e. The zero-order valence-corrected chi connectivity index (χ0v) is 10.0. The first-order valence-electron chi connectivity index (χ1n) is 5.83. The van der Waals surface area contributed by atoms with Gasteiger partial charge in [0, 0.05) is 11.3 Å². The summed E-state index contributed by atoms with van der Waals surface area (Å²) in [5.41, 5.74) is 1.18. The zero-order chi connectivity index (χ0) is 13.8. The standard InChI is InChI=1S/C12H16N2O5/c15-6-9-10(16)11(17)12(19-9)14-8-4-2-1-3-7(8)5-13-18/h1-5,9-12,14-18H,6H2. The molecule has 1 aromatic rings. The predicted molar refractivity (Wildman–Crippen MR) is 67.2 cm³/mol. The van der Waals surface area contributed by atoms with Crippen LogP contribution in [0.1, 0.15) is 5.56 Å². The van der Waals surface area contributed by atoms with E-state index in [4.69, 9.17) is 15.1 Å². The van der Waals surface area contributed by atoms with Gasteiger partial charge >= 0.3 is 0 Å². The molecular weight excluding hydrogens is 252 g/mol. The van der Waals surface area contributed by atoms with Crippen LogP contribution in [0.5, 0.6) is 0 Å². The molecule has 104 valence electrons. The monoisotopic (exact) mass is 268 g/mol. The molecule has 0 bridgehead atoms. The molecule has 0 spiro atoms. The molecule has 2 rings (SSSR count). The highest BCUT2D eigenvalue weighted by Gasteiger charge is 2.42. The van der Waals surface area contributed by atoms with E-state index in [2.05, 4.69) is 10.5 Å². The molecule has 1 heterocycles. The van der Waals surface area contributed by atoms with Crippen molar-refractivity contribution >= 4 is 11.9 Å². The maximum absolute atomic E-state index is 9.81. The maximum atomic E-state index is 9.81. The van der Waals surface area contributed by atoms with E-state index in [9.17, 15) is 10.2 Å². The molecule has 7 heteroatoms. The molecular formula is C12H16N2O5. The van der Waals surface area contributed by atoms with Gasteiger partial charge in [-0.05, 0) is 6.07 Å². The van der Waals surface area contributed by atoms with Gasteiger partial charge in [-0.15, -0.1) is 0 Å². The fourth-order valence-corrected chi connectivity index (χ4v) is 1.98. The number of oxime groups is 1. The summed E-state index contributed by atoms with van der Waals surface area (Å²) in [5.74, 6) is 0. The second-order valence-corrected chi connectivity index (χ2v) is 4.24. The molecule has 0 radical (unpaired) electrons. The number of ether oxygens (including phenoxy) is 1. The van der Waals surface area contributed by atoms with Crippen LogP contribution in [0.4, 0.5) is 5.69 Å². The van der Waals surface area contributed by atoms with Crippen molar-refractivity contribution in [3.8, 4) is 0 Å². The second-order valence-electron chi connectivity index (χ2n) is 4.24. The van der Waals surface area contributed by atoms with Crippen LogP contribution in [0.2, 0.25) is 0 Å². The molecule has 7 nitrogen and oxygen atoms in total. The summed E-state index contributed by atoms with van der Waals surface area (Å²) in [5, 5.41) is 42.9. The summed E-state index contributed by atoms with van der Waals surface area (Å²) in [7, 11) is 0. The number of benzene rings is 1. The fraction of sp³-hybridized carbons (Fsp3) is 0.417. The number of nitrogens with one attached hydrogen (secondary N) is 1. The molecule has 1 aliphatic heterocycles. The highest BCUT2D eigenvalue weighted by Crippen LogP contribution is 2.24. The van der Waals surface area contributed by atoms with Gasteiger partial charge in [-0.1, -0.05) is 23.4 Å². The van der Waals surface area contributed by atoms with Gasteiger partial charge in [0.25, 0.3) is 0 Å². The lowest BCUT2D eigenvalue weighted by Crippen LogP contribution is -2.36. The van der Waals surface area contributed by atoms with Gasteiger partial charge in [-0.3, -0.25) is 0 Å². The Morgan fingerprint density at radius 3 is 2.63 bits per heavy atom. The van der Waals surface area contributed by atoms with E-state index in [0.29, 0.717) is 11.3 Å². The summed E-state index contributed by atoms with van der Waals surface area (Å²) >= 11 is 0. The van der Waals surface area contributed by atoms with E-state index in [-0.39, 0.29) is 6.61 Å². The van der Waals surface area contributed by atoms with Crippen LogP contribution in [0.25, 0.3) is 0 Å². The number of nitrogens with zero attached hydrogens (tertiary/aromatic N) is 1. The van der Waals surface area contributed by atoms with Crippen molar-refractivity contribution in [3.63, 3.8) is 0 Å². The van der Waals surface area contributed by atoms with E-state index in [1.807, 2.05) is 0 Å². The highest BCUT2D eigenvalue weighted by molar-refractivity contribution is 5.87. The first-order valence-corrected chi connectivity index (χ1v) is 5.83. The molecule has 0 amide bonds. The Hall–Kier alpha value is -1.67.